The summed E-state index contributed by atoms with van der Waals surface area (Å²) in [6.07, 6.45) is 0. The van der Waals surface area contributed by atoms with Crippen molar-refractivity contribution in [3.63, 3.8) is 0 Å². The number of nitrogens with zero attached hydrogens (tertiary/aromatic N) is 3. The van der Waals surface area contributed by atoms with Crippen LogP contribution in [-0.2, 0) is 15.3 Å². The van der Waals surface area contributed by atoms with Gasteiger partial charge in [0, 0.05) is 36.9 Å². The maximum Gasteiger partial charge on any atom is 0.207 e. The van der Waals surface area contributed by atoms with Gasteiger partial charge in [-0.1, -0.05) is 164 Å². The highest BCUT2D eigenvalue weighted by Crippen LogP contribution is 2.55. The summed E-state index contributed by atoms with van der Waals surface area (Å²) in [6, 6.07) is 66.8. The van der Waals surface area contributed by atoms with Crippen LogP contribution in [0.1, 0.15) is 22.3 Å². The molecule has 0 spiro atoms. The average molecular weight is 796 g/mol. The molecule has 1 aliphatic rings. The number of aromatic nitrogens is 3. The molecule has 0 amide bonds. The Hall–Kier alpha value is -7.06. The molecule has 0 atom stereocenters. The molecule has 7 heteroatoms. The number of hydrogen-bond acceptors (Lipinski definition) is 6. The van der Waals surface area contributed by atoms with E-state index in [0.29, 0.717) is 27.3 Å². The predicted molar refractivity (Wildman–Crippen MR) is 238 cm³/mol. The lowest BCUT2D eigenvalue weighted by Gasteiger charge is -2.42. The van der Waals surface area contributed by atoms with Crippen LogP contribution in [0.25, 0.3) is 65.5 Å². The van der Waals surface area contributed by atoms with Gasteiger partial charge >= 0.3 is 0 Å². The molecule has 0 bridgehead atoms. The van der Waals surface area contributed by atoms with Gasteiger partial charge in [-0.25, -0.2) is 23.4 Å². The Morgan fingerprint density at radius 3 is 1.54 bits per heavy atom. The minimum atomic E-state index is -3.79. The number of rotatable bonds is 6. The number of hydrogen-bond donors (Lipinski definition) is 0. The minimum Gasteiger partial charge on any atom is -0.218 e. The summed E-state index contributed by atoms with van der Waals surface area (Å²) in [7, 11) is -3.79. The van der Waals surface area contributed by atoms with Crippen LogP contribution in [-0.4, -0.2) is 23.4 Å². The van der Waals surface area contributed by atoms with Gasteiger partial charge in [-0.15, -0.1) is 11.3 Å². The predicted octanol–water partition coefficient (Wildman–Crippen LogP) is 12.4. The number of fused-ring (bicyclic) bond motifs is 5. The standard InChI is InChI=1S/C52H33N3O2S2/c56-59(57)47-25-13-10-22-43(47)52(38-17-5-2-6-18-38,44-23-11-14-26-48(44)59)42-21-9-7-19-39(42)34-27-29-36(30-28-34)50-53-49(35-15-3-1-4-16-35)54-51(55-50)37-31-32-46-41(33-37)40-20-8-12-24-45(40)58-46/h1-33H. The Balaban J connectivity index is 1.08. The van der Waals surface area contributed by atoms with E-state index in [2.05, 4.69) is 91.0 Å². The van der Waals surface area contributed by atoms with Gasteiger partial charge in [0.15, 0.2) is 17.5 Å². The normalized spacial score (nSPS) is 13.8. The molecule has 0 N–H and O–H groups in total. The third kappa shape index (κ3) is 5.57. The van der Waals surface area contributed by atoms with E-state index in [0.717, 1.165) is 50.1 Å². The zero-order valence-electron chi connectivity index (χ0n) is 31.5. The largest absolute Gasteiger partial charge is 0.218 e. The zero-order valence-corrected chi connectivity index (χ0v) is 33.2. The fraction of sp³-hybridized carbons (Fsp3) is 0.0192. The summed E-state index contributed by atoms with van der Waals surface area (Å²) < 4.78 is 31.0. The van der Waals surface area contributed by atoms with Crippen molar-refractivity contribution >= 4 is 41.3 Å². The van der Waals surface area contributed by atoms with Crippen molar-refractivity contribution in [3.05, 3.63) is 222 Å². The molecule has 3 heterocycles. The maximum atomic E-state index is 14.3. The number of thiophene rings is 1. The van der Waals surface area contributed by atoms with Crippen molar-refractivity contribution in [1.29, 1.82) is 0 Å². The SMILES string of the molecule is O=S1(=O)c2ccccc2C(c2ccccc2)(c2ccccc2-c2ccc(-c3nc(-c4ccccc4)nc(-c4ccc5sc6ccccc6c5c4)n3)cc2)c2ccccc21. The second-order valence-corrected chi connectivity index (χ2v) is 17.7. The summed E-state index contributed by atoms with van der Waals surface area (Å²) in [6.45, 7) is 0. The van der Waals surface area contributed by atoms with E-state index >= 15 is 0 Å². The van der Waals surface area contributed by atoms with E-state index in [-0.39, 0.29) is 0 Å². The molecule has 0 saturated heterocycles. The quantitative estimate of drug-likeness (QED) is 0.168. The highest BCUT2D eigenvalue weighted by atomic mass is 32.2. The summed E-state index contributed by atoms with van der Waals surface area (Å²) in [5.74, 6) is 1.78. The minimum absolute atomic E-state index is 0.318. The first kappa shape index (κ1) is 35.1. The van der Waals surface area contributed by atoms with Crippen LogP contribution < -0.4 is 0 Å². The molecule has 0 radical (unpaired) electrons. The summed E-state index contributed by atoms with van der Waals surface area (Å²) in [5.41, 5.74) is 7.16. The Morgan fingerprint density at radius 2 is 0.864 bits per heavy atom. The summed E-state index contributed by atoms with van der Waals surface area (Å²) >= 11 is 1.79. The highest BCUT2D eigenvalue weighted by Gasteiger charge is 2.49. The average Bonchev–Trinajstić information content (AvgIpc) is 3.68. The third-order valence-corrected chi connectivity index (χ3v) is 14.5. The van der Waals surface area contributed by atoms with Crippen molar-refractivity contribution in [2.45, 2.75) is 15.2 Å². The Morgan fingerprint density at radius 1 is 0.390 bits per heavy atom. The number of benzene rings is 8. The van der Waals surface area contributed by atoms with Gasteiger partial charge in [-0.3, -0.25) is 0 Å². The van der Waals surface area contributed by atoms with Crippen molar-refractivity contribution in [1.82, 2.24) is 15.0 Å². The Labute approximate surface area is 345 Å². The van der Waals surface area contributed by atoms with Gasteiger partial charge in [0.2, 0.25) is 9.84 Å². The molecule has 280 valence electrons. The zero-order chi connectivity index (χ0) is 39.6. The van der Waals surface area contributed by atoms with Gasteiger partial charge in [-0.2, -0.15) is 0 Å². The van der Waals surface area contributed by atoms with Crippen LogP contribution in [0.5, 0.6) is 0 Å². The first-order valence-electron chi connectivity index (χ1n) is 19.4. The topological polar surface area (TPSA) is 72.8 Å². The van der Waals surface area contributed by atoms with Gasteiger partial charge in [0.25, 0.3) is 0 Å². The molecule has 10 aromatic rings. The fourth-order valence-corrected chi connectivity index (χ4v) is 11.7. The van der Waals surface area contributed by atoms with E-state index in [9.17, 15) is 8.42 Å². The van der Waals surface area contributed by atoms with Crippen molar-refractivity contribution < 1.29 is 8.42 Å². The summed E-state index contributed by atoms with van der Waals surface area (Å²) in [5, 5.41) is 2.40. The van der Waals surface area contributed by atoms with Crippen LogP contribution in [0.2, 0.25) is 0 Å². The molecule has 5 nitrogen and oxygen atoms in total. The molecule has 0 saturated carbocycles. The molecule has 0 unspecified atom stereocenters. The smallest absolute Gasteiger partial charge is 0.207 e. The second-order valence-electron chi connectivity index (χ2n) is 14.7. The number of sulfone groups is 1. The van der Waals surface area contributed by atoms with E-state index in [1.165, 1.54) is 20.2 Å². The Kier molecular flexibility index (Phi) is 8.22. The van der Waals surface area contributed by atoms with Crippen molar-refractivity contribution in [2.24, 2.45) is 0 Å². The lowest BCUT2D eigenvalue weighted by molar-refractivity contribution is 0.579. The van der Waals surface area contributed by atoms with Gasteiger partial charge < -0.3 is 0 Å². The highest BCUT2D eigenvalue weighted by molar-refractivity contribution is 7.91. The van der Waals surface area contributed by atoms with Crippen LogP contribution in [0, 0.1) is 0 Å². The lowest BCUT2D eigenvalue weighted by atomic mass is 9.63. The Bertz CT molecular complexity index is 3290. The van der Waals surface area contributed by atoms with Gasteiger partial charge in [0.05, 0.1) is 15.2 Å². The van der Waals surface area contributed by atoms with Gasteiger partial charge in [0.1, 0.15) is 0 Å². The summed E-state index contributed by atoms with van der Waals surface area (Å²) in [4.78, 5) is 15.8. The van der Waals surface area contributed by atoms with E-state index in [1.54, 1.807) is 23.5 Å². The van der Waals surface area contributed by atoms with Crippen molar-refractivity contribution in [2.75, 3.05) is 0 Å². The molecule has 0 aliphatic carbocycles. The van der Waals surface area contributed by atoms with E-state index in [4.69, 9.17) is 15.0 Å². The van der Waals surface area contributed by atoms with Gasteiger partial charge in [-0.05, 0) is 69.8 Å². The van der Waals surface area contributed by atoms with E-state index < -0.39 is 15.3 Å². The fourth-order valence-electron chi connectivity index (χ4n) is 8.81. The molecule has 8 aromatic carbocycles. The monoisotopic (exact) mass is 795 g/mol. The van der Waals surface area contributed by atoms with Crippen molar-refractivity contribution in [3.8, 4) is 45.3 Å². The third-order valence-electron chi connectivity index (χ3n) is 11.5. The lowest BCUT2D eigenvalue weighted by Crippen LogP contribution is -2.38. The maximum absolute atomic E-state index is 14.3. The van der Waals surface area contributed by atoms with Crippen LogP contribution in [0.3, 0.4) is 0 Å². The molecular formula is C52H33N3O2S2. The molecule has 0 fully saturated rings. The van der Waals surface area contributed by atoms with Crippen LogP contribution >= 0.6 is 11.3 Å². The molecule has 2 aromatic heterocycles. The second kappa shape index (κ2) is 13.8. The van der Waals surface area contributed by atoms with Crippen LogP contribution in [0.4, 0.5) is 0 Å². The first-order valence-corrected chi connectivity index (χ1v) is 21.7. The van der Waals surface area contributed by atoms with E-state index in [1.807, 2.05) is 97.1 Å². The first-order chi connectivity index (χ1) is 29.0. The molecule has 1 aliphatic heterocycles. The molecular weight excluding hydrogens is 763 g/mol. The molecule has 11 rings (SSSR count). The van der Waals surface area contributed by atoms with Crippen LogP contribution in [0.15, 0.2) is 210 Å². The molecule has 59 heavy (non-hydrogen) atoms.